The molecule has 0 saturated heterocycles. The highest BCUT2D eigenvalue weighted by molar-refractivity contribution is 7.90. The number of hydrogen-bond donors (Lipinski definition) is 0. The van der Waals surface area contributed by atoms with Gasteiger partial charge in [0.2, 0.25) is 0 Å². The number of aryl methyl sites for hydroxylation is 2. The lowest BCUT2D eigenvalue weighted by molar-refractivity contribution is 0.0779. The van der Waals surface area contributed by atoms with E-state index in [1.807, 2.05) is 26.0 Å². The minimum atomic E-state index is -3.30. The standard InChI is InChI=1S/C18H21N3O4S/c1-13-9-14(2)11-15(10-13)24-7-4-8-25-21-18-12-16(26(3,22)23)5-6-17(18)19-20-21/h5-6,9-12H,4,7-8H2,1-3H3. The minimum Gasteiger partial charge on any atom is -0.493 e. The third kappa shape index (κ3) is 4.32. The zero-order valence-corrected chi connectivity index (χ0v) is 15.8. The molecule has 138 valence electrons. The summed E-state index contributed by atoms with van der Waals surface area (Å²) in [7, 11) is -3.30. The van der Waals surface area contributed by atoms with E-state index in [4.69, 9.17) is 9.57 Å². The van der Waals surface area contributed by atoms with Crippen molar-refractivity contribution in [2.45, 2.75) is 25.2 Å². The molecule has 0 aliphatic carbocycles. The Morgan fingerprint density at radius 3 is 2.46 bits per heavy atom. The third-order valence-corrected chi connectivity index (χ3v) is 4.89. The fourth-order valence-corrected chi connectivity index (χ4v) is 3.26. The van der Waals surface area contributed by atoms with Crippen molar-refractivity contribution in [2.75, 3.05) is 19.5 Å². The van der Waals surface area contributed by atoms with Crippen LogP contribution < -0.4 is 9.57 Å². The Bertz CT molecular complexity index is 1010. The molecule has 0 aliphatic heterocycles. The van der Waals surface area contributed by atoms with Gasteiger partial charge < -0.3 is 9.57 Å². The van der Waals surface area contributed by atoms with Crippen molar-refractivity contribution >= 4 is 20.9 Å². The summed E-state index contributed by atoms with van der Waals surface area (Å²) in [4.78, 5) is 7.04. The van der Waals surface area contributed by atoms with Crippen LogP contribution in [0.25, 0.3) is 11.0 Å². The van der Waals surface area contributed by atoms with Crippen molar-refractivity contribution in [3.05, 3.63) is 47.5 Å². The van der Waals surface area contributed by atoms with Gasteiger partial charge in [0.25, 0.3) is 0 Å². The normalized spacial score (nSPS) is 11.7. The molecule has 0 amide bonds. The van der Waals surface area contributed by atoms with Gasteiger partial charge in [-0.2, -0.15) is 0 Å². The Hall–Kier alpha value is -2.61. The fraction of sp³-hybridized carbons (Fsp3) is 0.333. The molecule has 7 nitrogen and oxygen atoms in total. The van der Waals surface area contributed by atoms with Gasteiger partial charge in [-0.05, 0) is 60.5 Å². The molecule has 1 aromatic heterocycles. The number of aromatic nitrogens is 3. The van der Waals surface area contributed by atoms with Gasteiger partial charge in [0, 0.05) is 12.7 Å². The van der Waals surface area contributed by atoms with Gasteiger partial charge in [-0.3, -0.25) is 0 Å². The second-order valence-electron chi connectivity index (χ2n) is 6.24. The SMILES string of the molecule is Cc1cc(C)cc(OCCCOn2nnc3ccc(S(C)(=O)=O)cc32)c1. The van der Waals surface area contributed by atoms with Gasteiger partial charge >= 0.3 is 0 Å². The van der Waals surface area contributed by atoms with Gasteiger partial charge in [-0.15, -0.1) is 5.10 Å². The molecular formula is C18H21N3O4S. The molecule has 0 radical (unpaired) electrons. The topological polar surface area (TPSA) is 83.3 Å². The van der Waals surface area contributed by atoms with Crippen LogP contribution in [0.4, 0.5) is 0 Å². The van der Waals surface area contributed by atoms with Crippen molar-refractivity contribution in [3.8, 4) is 5.75 Å². The Balaban J connectivity index is 1.58. The van der Waals surface area contributed by atoms with E-state index in [0.29, 0.717) is 30.7 Å². The number of hydrogen-bond acceptors (Lipinski definition) is 6. The van der Waals surface area contributed by atoms with Crippen LogP contribution in [0.1, 0.15) is 17.5 Å². The summed E-state index contributed by atoms with van der Waals surface area (Å²) < 4.78 is 29.1. The maximum Gasteiger partial charge on any atom is 0.175 e. The van der Waals surface area contributed by atoms with Crippen molar-refractivity contribution < 1.29 is 18.0 Å². The molecule has 1 heterocycles. The summed E-state index contributed by atoms with van der Waals surface area (Å²) in [6.45, 7) is 4.93. The van der Waals surface area contributed by atoms with E-state index < -0.39 is 9.84 Å². The fourth-order valence-electron chi connectivity index (χ4n) is 2.62. The summed E-state index contributed by atoms with van der Waals surface area (Å²) >= 11 is 0. The first-order chi connectivity index (χ1) is 12.3. The number of nitrogens with zero attached hydrogens (tertiary/aromatic N) is 3. The predicted octanol–water partition coefficient (Wildman–Crippen LogP) is 2.35. The zero-order valence-electron chi connectivity index (χ0n) is 15.0. The first kappa shape index (κ1) is 18.2. The average molecular weight is 375 g/mol. The van der Waals surface area contributed by atoms with Crippen molar-refractivity contribution in [1.82, 2.24) is 15.2 Å². The van der Waals surface area contributed by atoms with Crippen LogP contribution in [-0.2, 0) is 9.84 Å². The van der Waals surface area contributed by atoms with Crippen LogP contribution in [0, 0.1) is 13.8 Å². The summed E-state index contributed by atoms with van der Waals surface area (Å²) in [5.41, 5.74) is 3.41. The van der Waals surface area contributed by atoms with Crippen LogP contribution in [-0.4, -0.2) is 43.0 Å². The van der Waals surface area contributed by atoms with E-state index in [-0.39, 0.29) is 4.90 Å². The van der Waals surface area contributed by atoms with Crippen molar-refractivity contribution in [2.24, 2.45) is 0 Å². The van der Waals surface area contributed by atoms with Gasteiger partial charge in [0.15, 0.2) is 9.84 Å². The maximum absolute atomic E-state index is 11.7. The summed E-state index contributed by atoms with van der Waals surface area (Å²) in [6.07, 6.45) is 1.81. The van der Waals surface area contributed by atoms with Gasteiger partial charge in [-0.1, -0.05) is 10.9 Å². The van der Waals surface area contributed by atoms with Crippen LogP contribution >= 0.6 is 0 Å². The third-order valence-electron chi connectivity index (χ3n) is 3.78. The minimum absolute atomic E-state index is 0.204. The highest BCUT2D eigenvalue weighted by Crippen LogP contribution is 2.17. The zero-order chi connectivity index (χ0) is 18.7. The molecule has 0 saturated carbocycles. The van der Waals surface area contributed by atoms with E-state index in [0.717, 1.165) is 23.1 Å². The lowest BCUT2D eigenvalue weighted by Crippen LogP contribution is -2.16. The quantitative estimate of drug-likeness (QED) is 0.590. The van der Waals surface area contributed by atoms with Crippen molar-refractivity contribution in [1.29, 1.82) is 0 Å². The second kappa shape index (κ2) is 7.33. The molecule has 0 aliphatic rings. The smallest absolute Gasteiger partial charge is 0.175 e. The molecule has 3 rings (SSSR count). The Labute approximate surface area is 152 Å². The Morgan fingerprint density at radius 2 is 1.77 bits per heavy atom. The largest absolute Gasteiger partial charge is 0.493 e. The molecule has 0 atom stereocenters. The van der Waals surface area contributed by atoms with Crippen LogP contribution in [0.2, 0.25) is 0 Å². The van der Waals surface area contributed by atoms with E-state index in [1.54, 1.807) is 6.07 Å². The lowest BCUT2D eigenvalue weighted by Gasteiger charge is -2.09. The number of fused-ring (bicyclic) bond motifs is 1. The lowest BCUT2D eigenvalue weighted by atomic mass is 10.1. The molecule has 0 N–H and O–H groups in total. The summed E-state index contributed by atoms with van der Waals surface area (Å²) in [6, 6.07) is 10.7. The van der Waals surface area contributed by atoms with Crippen LogP contribution in [0.5, 0.6) is 5.75 Å². The van der Waals surface area contributed by atoms with E-state index in [9.17, 15) is 8.42 Å². The van der Waals surface area contributed by atoms with Gasteiger partial charge in [0.05, 0.1) is 11.5 Å². The predicted molar refractivity (Wildman–Crippen MR) is 98.1 cm³/mol. The van der Waals surface area contributed by atoms with E-state index in [1.165, 1.54) is 17.0 Å². The van der Waals surface area contributed by atoms with Gasteiger partial charge in [-0.25, -0.2) is 8.42 Å². The number of sulfone groups is 1. The maximum atomic E-state index is 11.7. The molecule has 0 spiro atoms. The Kier molecular flexibility index (Phi) is 5.13. The molecule has 26 heavy (non-hydrogen) atoms. The van der Waals surface area contributed by atoms with Gasteiger partial charge in [0.1, 0.15) is 23.4 Å². The molecule has 0 fully saturated rings. The first-order valence-electron chi connectivity index (χ1n) is 8.23. The first-order valence-corrected chi connectivity index (χ1v) is 10.1. The number of benzene rings is 2. The second-order valence-corrected chi connectivity index (χ2v) is 8.26. The van der Waals surface area contributed by atoms with Crippen LogP contribution in [0.3, 0.4) is 0 Å². The molecular weight excluding hydrogens is 354 g/mol. The summed E-state index contributed by atoms with van der Waals surface area (Å²) in [5, 5.41) is 7.88. The van der Waals surface area contributed by atoms with Crippen LogP contribution in [0.15, 0.2) is 41.3 Å². The molecule has 0 unspecified atom stereocenters. The Morgan fingerprint density at radius 1 is 1.04 bits per heavy atom. The monoisotopic (exact) mass is 375 g/mol. The number of rotatable bonds is 7. The molecule has 2 aromatic carbocycles. The highest BCUT2D eigenvalue weighted by atomic mass is 32.2. The molecule has 0 bridgehead atoms. The molecule has 8 heteroatoms. The average Bonchev–Trinajstić information content (AvgIpc) is 2.95. The molecule has 3 aromatic rings. The summed E-state index contributed by atoms with van der Waals surface area (Å²) in [5.74, 6) is 0.839. The van der Waals surface area contributed by atoms with E-state index in [2.05, 4.69) is 16.4 Å². The van der Waals surface area contributed by atoms with E-state index >= 15 is 0 Å². The number of ether oxygens (including phenoxy) is 1. The highest BCUT2D eigenvalue weighted by Gasteiger charge is 2.12. The van der Waals surface area contributed by atoms with Crippen molar-refractivity contribution in [3.63, 3.8) is 0 Å².